The molecule has 10 heterocycles. The van der Waals surface area contributed by atoms with Gasteiger partial charge in [0, 0.05) is 63.3 Å². The van der Waals surface area contributed by atoms with Crippen molar-refractivity contribution < 1.29 is 0 Å². The minimum Gasteiger partial charge on any atom is -0.309 e. The lowest BCUT2D eigenvalue weighted by Crippen LogP contribution is -2.64. The summed E-state index contributed by atoms with van der Waals surface area (Å²) in [6, 6.07) is 174. The summed E-state index contributed by atoms with van der Waals surface area (Å²) >= 11 is 1.94. The Morgan fingerprint density at radius 3 is 0.953 bits per heavy atom. The van der Waals surface area contributed by atoms with Crippen LogP contribution in [0.5, 0.6) is 0 Å². The van der Waals surface area contributed by atoms with E-state index in [0.29, 0.717) is 0 Å². The monoisotopic (exact) mass is 1960 g/mol. The highest BCUT2D eigenvalue weighted by Gasteiger charge is 2.59. The number of fused-ring (bicyclic) bond motifs is 42. The molecule has 3 atom stereocenters. The number of hydrogen-bond donors (Lipinski definition) is 0. The first-order valence-corrected chi connectivity index (χ1v) is 62.6. The minimum absolute atomic E-state index is 0.0134. The molecule has 148 heavy (non-hydrogen) atoms. The van der Waals surface area contributed by atoms with E-state index in [1.807, 2.05) is 11.3 Å². The van der Waals surface area contributed by atoms with Crippen LogP contribution < -0.4 is 31.1 Å². The molecule has 25 aromatic rings. The summed E-state index contributed by atoms with van der Waals surface area (Å²) in [6.45, 7) is 25.0. The van der Waals surface area contributed by atoms with E-state index in [2.05, 4.69) is 536 Å². The second kappa shape index (κ2) is 30.3. The van der Waals surface area contributed by atoms with E-state index in [1.54, 1.807) is 15.6 Å². The van der Waals surface area contributed by atoms with Crippen LogP contribution in [0.15, 0.2) is 455 Å². The van der Waals surface area contributed by atoms with Crippen LogP contribution in [-0.4, -0.2) is 37.9 Å². The van der Waals surface area contributed by atoms with E-state index in [1.165, 1.54) is 263 Å². The van der Waals surface area contributed by atoms with Gasteiger partial charge in [0.1, 0.15) is 24.2 Å². The highest BCUT2D eigenvalue weighted by Crippen LogP contribution is 2.63. The lowest BCUT2D eigenvalue weighted by Gasteiger charge is -2.50. The van der Waals surface area contributed by atoms with E-state index in [-0.39, 0.29) is 10.8 Å². The molecular formula is C141H105N3SSi3. The van der Waals surface area contributed by atoms with Crippen molar-refractivity contribution in [3.63, 3.8) is 0 Å². The number of thiophene rings is 1. The minimum atomic E-state index is -2.26. The largest absolute Gasteiger partial charge is 0.309 e. The van der Waals surface area contributed by atoms with Gasteiger partial charge in [-0.15, -0.1) is 11.3 Å². The Hall–Kier alpha value is -16.1. The molecule has 21 aromatic carbocycles. The number of aromatic nitrogens is 3. The van der Waals surface area contributed by atoms with Crippen molar-refractivity contribution in [2.24, 2.45) is 0 Å². The van der Waals surface area contributed by atoms with Gasteiger partial charge in [-0.1, -0.05) is 473 Å². The SMILES string of the molecule is CC1(C)c2ccccc2-c2c(-c3cccc4c3[Si](C)(C)c3ccccc3C43c4ccccc4-n4c5ccccc5c5cccc3c54)cccc21.CC1(C)c2ccccc2-c2cc(-c3cccc4c3[Si](C)(C)c3ccccc3C43c4ccccc4-n4c5ccccc5c5cccc3c54)ccc21.C[Si]1(C)c2ccccc2C2(c3ccccc3-n3c4ccccc4c4cccc2c43)c2cccc(-c3cccc4c3sc3ccccc34)c21. The summed E-state index contributed by atoms with van der Waals surface area (Å²) in [5.41, 5.74) is 46.5. The van der Waals surface area contributed by atoms with E-state index < -0.39 is 40.5 Å². The zero-order valence-electron chi connectivity index (χ0n) is 84.6. The molecule has 3 nitrogen and oxygen atoms in total. The molecule has 0 N–H and O–H groups in total. The molecule has 7 heteroatoms. The average Bonchev–Trinajstić information content (AvgIpc) is 1.19. The first-order valence-electron chi connectivity index (χ1n) is 52.8. The fraction of sp³-hybridized carbons (Fsp3) is 0.106. The number of hydrogen-bond acceptors (Lipinski definition) is 1. The van der Waals surface area contributed by atoms with Crippen LogP contribution in [0.2, 0.25) is 39.3 Å². The van der Waals surface area contributed by atoms with Gasteiger partial charge >= 0.3 is 0 Å². The second-order valence-corrected chi connectivity index (χ2v) is 59.2. The molecule has 3 spiro atoms. The van der Waals surface area contributed by atoms with Gasteiger partial charge in [-0.05, 0) is 224 Å². The number of para-hydroxylation sites is 9. The lowest BCUT2D eigenvalue weighted by atomic mass is 9.62. The Morgan fingerprint density at radius 1 is 0.196 bits per heavy atom. The Bertz CT molecular complexity index is 10200. The first-order chi connectivity index (χ1) is 72.3. The van der Waals surface area contributed by atoms with Crippen molar-refractivity contribution in [2.75, 3.05) is 0 Å². The fourth-order valence-corrected chi connectivity index (χ4v) is 42.8. The standard InChI is InChI=1S/2C48H37NSi.C45H31NSSi/c1-47(2)35-21-7-5-17-34(35)44-31(18-13-24-38(44)47)33-20-15-26-40-46(33)50(3,4)43-29-12-9-23-37(43)48(40)36-22-8-11-28-42(36)49-41-27-10-6-16-30(41)32-19-14-25-39(48)45(32)49;1-47(2)36-19-7-5-15-32(36)35-29-30(27-28-37(35)47)31-17-13-23-41-46(31)50(3,4)44-26-12-9-21-39(44)48(41)38-20-8-11-25-43(38)49-42-24-10-6-16-33(42)34-18-14-22-40(48)45(34)49;1-48(2)41-27-10-6-21-35(41)45(34-20-5-8-25-39(34)46-38-24-7-3-14-28(38)30-16-12-22-36(45)42(30)46)37-23-13-19-33(44(37)48)32-18-11-17-31-29-15-4-9-26-40(29)47-43(31)32/h2*5-29H,1-4H3;3-27H,1-2H3. The molecule has 0 amide bonds. The fourth-order valence-electron chi connectivity index (χ4n) is 30.9. The zero-order valence-corrected chi connectivity index (χ0v) is 88.4. The van der Waals surface area contributed by atoms with Gasteiger partial charge in [0.15, 0.2) is 0 Å². The van der Waals surface area contributed by atoms with Crippen LogP contribution in [-0.2, 0) is 27.1 Å². The Labute approximate surface area is 869 Å². The smallest absolute Gasteiger partial charge is 0.113 e. The second-order valence-electron chi connectivity index (χ2n) is 45.3. The van der Waals surface area contributed by atoms with E-state index in [0.717, 1.165) is 0 Å². The molecule has 0 radical (unpaired) electrons. The van der Waals surface area contributed by atoms with E-state index >= 15 is 0 Å². The molecule has 0 bridgehead atoms. The lowest BCUT2D eigenvalue weighted by molar-refractivity contribution is 0.660. The molecule has 4 aromatic heterocycles. The van der Waals surface area contributed by atoms with Crippen LogP contribution in [0.1, 0.15) is 117 Å². The summed E-state index contributed by atoms with van der Waals surface area (Å²) in [7, 11) is -6.72. The van der Waals surface area contributed by atoms with Gasteiger partial charge in [0.25, 0.3) is 0 Å². The molecule has 6 aliphatic heterocycles. The maximum absolute atomic E-state index is 2.59. The summed E-state index contributed by atoms with van der Waals surface area (Å²) in [5.74, 6) is 0. The molecule has 3 unspecified atom stereocenters. The molecule has 2 aliphatic carbocycles. The summed E-state index contributed by atoms with van der Waals surface area (Å²) in [6.07, 6.45) is 0. The average molecular weight is 1960 g/mol. The summed E-state index contributed by atoms with van der Waals surface area (Å²) < 4.78 is 10.4. The third kappa shape index (κ3) is 10.7. The van der Waals surface area contributed by atoms with Gasteiger partial charge in [0.2, 0.25) is 0 Å². The maximum Gasteiger partial charge on any atom is 0.113 e. The topological polar surface area (TPSA) is 14.8 Å². The third-order valence-corrected chi connectivity index (χ3v) is 48.7. The van der Waals surface area contributed by atoms with E-state index in [4.69, 9.17) is 0 Å². The number of rotatable bonds is 3. The van der Waals surface area contributed by atoms with Crippen molar-refractivity contribution in [1.82, 2.24) is 13.7 Å². The maximum atomic E-state index is 2.59. The van der Waals surface area contributed by atoms with Crippen LogP contribution in [0.4, 0.5) is 0 Å². The molecule has 0 saturated heterocycles. The molecule has 0 fully saturated rings. The number of nitrogens with zero attached hydrogens (tertiary/aromatic N) is 3. The highest BCUT2D eigenvalue weighted by atomic mass is 32.1. The Kier molecular flexibility index (Phi) is 17.7. The van der Waals surface area contributed by atoms with Crippen LogP contribution in [0.3, 0.4) is 0 Å². The molecule has 0 saturated carbocycles. The predicted molar refractivity (Wildman–Crippen MR) is 633 cm³/mol. The van der Waals surface area contributed by atoms with E-state index in [9.17, 15) is 0 Å². The summed E-state index contributed by atoms with van der Waals surface area (Å²) in [4.78, 5) is 0. The summed E-state index contributed by atoms with van der Waals surface area (Å²) in [5, 5.41) is 19.9. The Morgan fingerprint density at radius 2 is 0.486 bits per heavy atom. The van der Waals surface area contributed by atoms with Crippen molar-refractivity contribution >= 4 is 152 Å². The zero-order chi connectivity index (χ0) is 98.9. The van der Waals surface area contributed by atoms with Gasteiger partial charge in [-0.3, -0.25) is 0 Å². The van der Waals surface area contributed by atoms with Crippen LogP contribution in [0, 0.1) is 0 Å². The normalized spacial score (nSPS) is 18.0. The first kappa shape index (κ1) is 86.2. The van der Waals surface area contributed by atoms with Gasteiger partial charge in [-0.2, -0.15) is 0 Å². The number of benzene rings is 21. The van der Waals surface area contributed by atoms with Crippen molar-refractivity contribution in [3.05, 3.63) is 544 Å². The molecule has 702 valence electrons. The van der Waals surface area contributed by atoms with Gasteiger partial charge in [0.05, 0.1) is 66.4 Å². The van der Waals surface area contributed by atoms with Gasteiger partial charge in [-0.25, -0.2) is 0 Å². The third-order valence-electron chi connectivity index (χ3n) is 36.7. The van der Waals surface area contributed by atoms with Crippen LogP contribution in [0.25, 0.3) is 158 Å². The molecule has 33 rings (SSSR count). The van der Waals surface area contributed by atoms with Crippen molar-refractivity contribution in [1.29, 1.82) is 0 Å². The molecular weight excluding hydrogens is 1850 g/mol. The highest BCUT2D eigenvalue weighted by molar-refractivity contribution is 7.26. The Balaban J connectivity index is 0.000000100. The van der Waals surface area contributed by atoms with Gasteiger partial charge < -0.3 is 13.7 Å². The van der Waals surface area contributed by atoms with Crippen LogP contribution >= 0.6 is 11.3 Å². The quantitative estimate of drug-likeness (QED) is 0.157. The molecule has 8 aliphatic rings. The predicted octanol–water partition coefficient (Wildman–Crippen LogP) is 31.8. The van der Waals surface area contributed by atoms with Crippen molar-refractivity contribution in [3.8, 4) is 72.7 Å². The van der Waals surface area contributed by atoms with Crippen molar-refractivity contribution in [2.45, 2.75) is 94.1 Å².